The van der Waals surface area contributed by atoms with E-state index in [9.17, 15) is 0 Å². The summed E-state index contributed by atoms with van der Waals surface area (Å²) >= 11 is 0. The van der Waals surface area contributed by atoms with E-state index < -0.39 is 0 Å². The smallest absolute Gasteiger partial charge is 0.118 e. The zero-order valence-electron chi connectivity index (χ0n) is 12.2. The Morgan fingerprint density at radius 2 is 2.20 bits per heavy atom. The Balaban J connectivity index is 1.45. The number of hydrogen-bond acceptors (Lipinski definition) is 4. The summed E-state index contributed by atoms with van der Waals surface area (Å²) in [5, 5.41) is 3.48. The van der Waals surface area contributed by atoms with Gasteiger partial charge in [-0.2, -0.15) is 0 Å². The lowest BCUT2D eigenvalue weighted by Crippen LogP contribution is -2.28. The van der Waals surface area contributed by atoms with Gasteiger partial charge in [0.15, 0.2) is 0 Å². The predicted molar refractivity (Wildman–Crippen MR) is 78.4 cm³/mol. The Kier molecular flexibility index (Phi) is 4.55. The van der Waals surface area contributed by atoms with Crippen molar-refractivity contribution in [1.82, 2.24) is 10.2 Å². The van der Waals surface area contributed by atoms with Gasteiger partial charge in [0.25, 0.3) is 0 Å². The van der Waals surface area contributed by atoms with Crippen LogP contribution in [0.25, 0.3) is 0 Å². The molecule has 1 N–H and O–H groups in total. The lowest BCUT2D eigenvalue weighted by molar-refractivity contribution is 0.206. The van der Waals surface area contributed by atoms with Gasteiger partial charge in [0.2, 0.25) is 0 Å². The van der Waals surface area contributed by atoms with Crippen molar-refractivity contribution < 1.29 is 9.15 Å². The highest BCUT2D eigenvalue weighted by Gasteiger charge is 2.20. The van der Waals surface area contributed by atoms with Crippen LogP contribution in [-0.4, -0.2) is 37.7 Å². The highest BCUT2D eigenvalue weighted by atomic mass is 16.5. The summed E-state index contributed by atoms with van der Waals surface area (Å²) in [6.45, 7) is 4.62. The molecule has 0 spiro atoms. The van der Waals surface area contributed by atoms with Gasteiger partial charge in [-0.15, -0.1) is 0 Å². The van der Waals surface area contributed by atoms with Gasteiger partial charge >= 0.3 is 0 Å². The van der Waals surface area contributed by atoms with E-state index in [1.54, 1.807) is 7.11 Å². The van der Waals surface area contributed by atoms with Crippen LogP contribution in [0.15, 0.2) is 28.2 Å². The average molecular weight is 276 g/mol. The molecule has 20 heavy (non-hydrogen) atoms. The van der Waals surface area contributed by atoms with Crippen molar-refractivity contribution in [3.05, 3.63) is 35.3 Å². The highest BCUT2D eigenvalue weighted by Crippen LogP contribution is 2.20. The number of furan rings is 1. The predicted octanol–water partition coefficient (Wildman–Crippen LogP) is 2.31. The summed E-state index contributed by atoms with van der Waals surface area (Å²) in [5.74, 6) is 2.13. The van der Waals surface area contributed by atoms with Crippen molar-refractivity contribution in [3.8, 4) is 0 Å². The number of ether oxygens (including phenoxy) is 1. The maximum Gasteiger partial charge on any atom is 0.118 e. The molecule has 0 radical (unpaired) electrons. The lowest BCUT2D eigenvalue weighted by atomic mass is 10.1. The first-order valence-corrected chi connectivity index (χ1v) is 7.53. The molecule has 3 rings (SSSR count). The zero-order valence-corrected chi connectivity index (χ0v) is 12.2. The second-order valence-electron chi connectivity index (χ2n) is 5.80. The van der Waals surface area contributed by atoms with Crippen LogP contribution in [0.1, 0.15) is 30.8 Å². The van der Waals surface area contributed by atoms with E-state index in [4.69, 9.17) is 9.15 Å². The summed E-state index contributed by atoms with van der Waals surface area (Å²) in [4.78, 5) is 2.41. The molecule has 0 atom stereocenters. The second-order valence-corrected chi connectivity index (χ2v) is 5.80. The molecule has 1 aliphatic carbocycles. The Bertz CT molecular complexity index is 463. The fourth-order valence-electron chi connectivity index (χ4n) is 2.57. The molecule has 0 amide bonds. The van der Waals surface area contributed by atoms with Gasteiger partial charge in [-0.1, -0.05) is 6.08 Å². The number of methoxy groups -OCH3 is 1. The van der Waals surface area contributed by atoms with Crippen LogP contribution in [0.4, 0.5) is 0 Å². The molecule has 2 aliphatic rings. The van der Waals surface area contributed by atoms with Gasteiger partial charge < -0.3 is 14.5 Å². The normalized spacial score (nSPS) is 20.1. The summed E-state index contributed by atoms with van der Waals surface area (Å²) in [6.07, 6.45) is 6.02. The zero-order chi connectivity index (χ0) is 13.8. The largest absolute Gasteiger partial charge is 0.463 e. The maximum atomic E-state index is 5.89. The molecule has 0 bridgehead atoms. The summed E-state index contributed by atoms with van der Waals surface area (Å²) in [7, 11) is 1.76. The van der Waals surface area contributed by atoms with Crippen LogP contribution in [0.5, 0.6) is 0 Å². The van der Waals surface area contributed by atoms with E-state index in [0.717, 1.165) is 56.8 Å². The molecule has 1 aliphatic heterocycles. The molecule has 1 saturated carbocycles. The maximum absolute atomic E-state index is 5.89. The molecule has 1 aromatic rings. The van der Waals surface area contributed by atoms with Gasteiger partial charge in [-0.3, -0.25) is 4.90 Å². The van der Waals surface area contributed by atoms with E-state index in [1.807, 2.05) is 0 Å². The van der Waals surface area contributed by atoms with Crippen LogP contribution < -0.4 is 5.32 Å². The third-order valence-corrected chi connectivity index (χ3v) is 3.96. The topological polar surface area (TPSA) is 37.6 Å². The monoisotopic (exact) mass is 276 g/mol. The standard InChI is InChI=1S/C16H24N2O2/c1-19-12-13-6-8-18(9-7-13)11-16-5-4-15(20-16)10-17-14-2-3-14/h4-6,14,17H,2-3,7-12H2,1H3. The number of hydrogen-bond donors (Lipinski definition) is 1. The fourth-order valence-corrected chi connectivity index (χ4v) is 2.57. The number of nitrogens with one attached hydrogen (secondary N) is 1. The Hall–Kier alpha value is -1.10. The van der Waals surface area contributed by atoms with Crippen molar-refractivity contribution in [1.29, 1.82) is 0 Å². The van der Waals surface area contributed by atoms with Crippen LogP contribution >= 0.6 is 0 Å². The molecular weight excluding hydrogens is 252 g/mol. The SMILES string of the molecule is COCC1=CCN(Cc2ccc(CNC3CC3)o2)CC1. The van der Waals surface area contributed by atoms with Crippen molar-refractivity contribution in [2.45, 2.75) is 38.4 Å². The van der Waals surface area contributed by atoms with Crippen molar-refractivity contribution in [3.63, 3.8) is 0 Å². The first-order valence-electron chi connectivity index (χ1n) is 7.53. The second kappa shape index (κ2) is 6.57. The molecule has 2 heterocycles. The van der Waals surface area contributed by atoms with Crippen LogP contribution in [0, 0.1) is 0 Å². The van der Waals surface area contributed by atoms with Crippen molar-refractivity contribution >= 4 is 0 Å². The van der Waals surface area contributed by atoms with Gasteiger partial charge in [-0.25, -0.2) is 0 Å². The van der Waals surface area contributed by atoms with Crippen molar-refractivity contribution in [2.75, 3.05) is 26.8 Å². The molecule has 110 valence electrons. The average Bonchev–Trinajstić information content (AvgIpc) is 3.19. The van der Waals surface area contributed by atoms with E-state index in [-0.39, 0.29) is 0 Å². The molecule has 1 fully saturated rings. The minimum atomic E-state index is 0.731. The van der Waals surface area contributed by atoms with E-state index >= 15 is 0 Å². The van der Waals surface area contributed by atoms with E-state index in [2.05, 4.69) is 28.4 Å². The summed E-state index contributed by atoms with van der Waals surface area (Å²) < 4.78 is 11.1. The van der Waals surface area contributed by atoms with Crippen LogP contribution in [0.3, 0.4) is 0 Å². The molecule has 0 saturated heterocycles. The highest BCUT2D eigenvalue weighted by molar-refractivity contribution is 5.11. The summed E-state index contributed by atoms with van der Waals surface area (Å²) in [5.41, 5.74) is 1.41. The van der Waals surface area contributed by atoms with E-state index in [1.165, 1.54) is 18.4 Å². The molecular formula is C16H24N2O2. The lowest BCUT2D eigenvalue weighted by Gasteiger charge is -2.25. The third kappa shape index (κ3) is 3.95. The minimum absolute atomic E-state index is 0.731. The molecule has 4 heteroatoms. The fraction of sp³-hybridized carbons (Fsp3) is 0.625. The molecule has 0 aromatic carbocycles. The molecule has 4 nitrogen and oxygen atoms in total. The Morgan fingerprint density at radius 1 is 1.35 bits per heavy atom. The van der Waals surface area contributed by atoms with Gasteiger partial charge in [0.1, 0.15) is 11.5 Å². The Morgan fingerprint density at radius 3 is 2.90 bits per heavy atom. The minimum Gasteiger partial charge on any atom is -0.463 e. The van der Waals surface area contributed by atoms with E-state index in [0.29, 0.717) is 0 Å². The first-order chi connectivity index (χ1) is 9.83. The van der Waals surface area contributed by atoms with Crippen molar-refractivity contribution in [2.24, 2.45) is 0 Å². The number of nitrogens with zero attached hydrogens (tertiary/aromatic N) is 1. The molecule has 1 aromatic heterocycles. The third-order valence-electron chi connectivity index (χ3n) is 3.96. The van der Waals surface area contributed by atoms with Gasteiger partial charge in [-0.05, 0) is 37.0 Å². The van der Waals surface area contributed by atoms with Gasteiger partial charge in [0.05, 0.1) is 19.7 Å². The molecule has 0 unspecified atom stereocenters. The van der Waals surface area contributed by atoms with Crippen LogP contribution in [-0.2, 0) is 17.8 Å². The summed E-state index contributed by atoms with van der Waals surface area (Å²) in [6, 6.07) is 4.94. The number of rotatable bonds is 7. The first kappa shape index (κ1) is 13.9. The Labute approximate surface area is 120 Å². The van der Waals surface area contributed by atoms with Crippen LogP contribution in [0.2, 0.25) is 0 Å². The van der Waals surface area contributed by atoms with Gasteiger partial charge in [0, 0.05) is 26.2 Å². The quantitative estimate of drug-likeness (QED) is 0.776.